The highest BCUT2D eigenvalue weighted by atomic mass is 16.5. The number of carbonyl (C=O) groups excluding carboxylic acids is 1. The molecule has 3 heteroatoms. The van der Waals surface area contributed by atoms with Crippen LogP contribution in [-0.4, -0.2) is 16.5 Å². The van der Waals surface area contributed by atoms with Crippen LogP contribution >= 0.6 is 0 Å². The first kappa shape index (κ1) is 11.3. The van der Waals surface area contributed by atoms with E-state index in [1.54, 1.807) is 6.07 Å². The van der Waals surface area contributed by atoms with E-state index in [0.29, 0.717) is 29.7 Å². The Labute approximate surface area is 106 Å². The van der Waals surface area contributed by atoms with Crippen LogP contribution in [0.3, 0.4) is 0 Å². The number of hydrogen-bond donors (Lipinski definition) is 1. The van der Waals surface area contributed by atoms with Crippen LogP contribution in [0.1, 0.15) is 38.2 Å². The maximum atomic E-state index is 12.1. The highest BCUT2D eigenvalue weighted by Crippen LogP contribution is 2.46. The van der Waals surface area contributed by atoms with E-state index in [9.17, 15) is 9.90 Å². The van der Waals surface area contributed by atoms with Crippen molar-refractivity contribution in [2.24, 2.45) is 0 Å². The molecular weight excluding hydrogens is 228 g/mol. The van der Waals surface area contributed by atoms with Crippen molar-refractivity contribution in [2.45, 2.75) is 38.2 Å². The molecular formula is C15H16O3. The van der Waals surface area contributed by atoms with Crippen molar-refractivity contribution in [3.05, 3.63) is 35.4 Å². The third kappa shape index (κ3) is 1.40. The van der Waals surface area contributed by atoms with Crippen LogP contribution in [0.25, 0.3) is 5.76 Å². The Bertz CT molecular complexity index is 544. The van der Waals surface area contributed by atoms with E-state index in [1.165, 1.54) is 0 Å². The summed E-state index contributed by atoms with van der Waals surface area (Å²) in [7, 11) is 0. The number of aliphatic hydroxyl groups is 1. The zero-order valence-corrected chi connectivity index (χ0v) is 10.4. The third-order valence-electron chi connectivity index (χ3n) is 3.97. The molecule has 1 saturated carbocycles. The van der Waals surface area contributed by atoms with Crippen LogP contribution in [0.2, 0.25) is 0 Å². The van der Waals surface area contributed by atoms with Crippen LogP contribution in [0.4, 0.5) is 0 Å². The molecule has 1 aliphatic heterocycles. The number of carbonyl (C=O) groups is 1. The topological polar surface area (TPSA) is 46.5 Å². The molecule has 3 nitrogen and oxygen atoms in total. The molecule has 94 valence electrons. The predicted octanol–water partition coefficient (Wildman–Crippen LogP) is 3.25. The molecule has 1 aromatic carbocycles. The number of benzene rings is 1. The molecule has 1 N–H and O–H groups in total. The molecule has 0 aromatic heterocycles. The van der Waals surface area contributed by atoms with Crippen molar-refractivity contribution >= 4 is 11.5 Å². The van der Waals surface area contributed by atoms with Gasteiger partial charge in [-0.2, -0.15) is 0 Å². The Morgan fingerprint density at radius 2 is 2.17 bits per heavy atom. The molecule has 18 heavy (non-hydrogen) atoms. The number of ether oxygens (including phenoxy) is 1. The molecule has 0 amide bonds. The van der Waals surface area contributed by atoms with Gasteiger partial charge in [-0.1, -0.05) is 19.1 Å². The molecule has 0 radical (unpaired) electrons. The van der Waals surface area contributed by atoms with Crippen molar-refractivity contribution < 1.29 is 14.6 Å². The lowest BCUT2D eigenvalue weighted by Crippen LogP contribution is -2.46. The first-order valence-electron chi connectivity index (χ1n) is 6.43. The molecule has 1 aliphatic carbocycles. The van der Waals surface area contributed by atoms with Gasteiger partial charge in [0.2, 0.25) is 0 Å². The van der Waals surface area contributed by atoms with Gasteiger partial charge in [0.15, 0.2) is 5.78 Å². The Balaban J connectivity index is 2.25. The lowest BCUT2D eigenvalue weighted by molar-refractivity contribution is -0.119. The number of ketones is 1. The van der Waals surface area contributed by atoms with E-state index < -0.39 is 5.60 Å². The van der Waals surface area contributed by atoms with Gasteiger partial charge in [0.05, 0.1) is 11.1 Å². The van der Waals surface area contributed by atoms with Crippen molar-refractivity contribution in [3.63, 3.8) is 0 Å². The molecule has 1 aromatic rings. The van der Waals surface area contributed by atoms with Gasteiger partial charge in [0.25, 0.3) is 0 Å². The van der Waals surface area contributed by atoms with Crippen molar-refractivity contribution in [1.29, 1.82) is 0 Å². The fourth-order valence-corrected chi connectivity index (χ4v) is 3.01. The smallest absolute Gasteiger partial charge is 0.166 e. The quantitative estimate of drug-likeness (QED) is 0.824. The lowest BCUT2D eigenvalue weighted by atomic mass is 9.74. The van der Waals surface area contributed by atoms with Crippen LogP contribution < -0.4 is 4.74 Å². The van der Waals surface area contributed by atoms with Crippen LogP contribution in [0.5, 0.6) is 5.75 Å². The highest BCUT2D eigenvalue weighted by molar-refractivity contribution is 6.05. The van der Waals surface area contributed by atoms with Gasteiger partial charge in [-0.05, 0) is 31.4 Å². The largest absolute Gasteiger partial charge is 0.507 e. The van der Waals surface area contributed by atoms with Crippen LogP contribution in [0.15, 0.2) is 29.8 Å². The summed E-state index contributed by atoms with van der Waals surface area (Å²) >= 11 is 0. The van der Waals surface area contributed by atoms with Crippen molar-refractivity contribution in [1.82, 2.24) is 0 Å². The molecule has 1 atom stereocenters. The second-order valence-electron chi connectivity index (χ2n) is 4.95. The summed E-state index contributed by atoms with van der Waals surface area (Å²) in [6.45, 7) is 2.00. The van der Waals surface area contributed by atoms with E-state index in [1.807, 2.05) is 25.1 Å². The van der Waals surface area contributed by atoms with E-state index in [4.69, 9.17) is 4.74 Å². The Morgan fingerprint density at radius 1 is 1.39 bits per heavy atom. The van der Waals surface area contributed by atoms with Crippen molar-refractivity contribution in [2.75, 3.05) is 0 Å². The van der Waals surface area contributed by atoms with Gasteiger partial charge in [0.1, 0.15) is 17.1 Å². The second-order valence-corrected chi connectivity index (χ2v) is 4.95. The summed E-state index contributed by atoms with van der Waals surface area (Å²) in [5.74, 6) is 0.814. The van der Waals surface area contributed by atoms with Crippen LogP contribution in [-0.2, 0) is 4.79 Å². The fraction of sp³-hybridized carbons (Fsp3) is 0.400. The minimum atomic E-state index is -0.617. The van der Waals surface area contributed by atoms with Crippen molar-refractivity contribution in [3.8, 4) is 5.75 Å². The van der Waals surface area contributed by atoms with Crippen LogP contribution in [0, 0.1) is 0 Å². The molecule has 1 unspecified atom stereocenters. The Morgan fingerprint density at radius 3 is 2.94 bits per heavy atom. The number of hydrogen-bond acceptors (Lipinski definition) is 3. The summed E-state index contributed by atoms with van der Waals surface area (Å²) in [4.78, 5) is 12.1. The van der Waals surface area contributed by atoms with Gasteiger partial charge in [-0.15, -0.1) is 0 Å². The number of para-hydroxylation sites is 1. The molecule has 1 fully saturated rings. The third-order valence-corrected chi connectivity index (χ3v) is 3.97. The molecule has 3 rings (SSSR count). The zero-order valence-electron chi connectivity index (χ0n) is 10.4. The normalized spacial score (nSPS) is 26.4. The Kier molecular flexibility index (Phi) is 2.44. The summed E-state index contributed by atoms with van der Waals surface area (Å²) < 4.78 is 6.07. The van der Waals surface area contributed by atoms with E-state index in [2.05, 4.69) is 0 Å². The maximum absolute atomic E-state index is 12.1. The first-order valence-corrected chi connectivity index (χ1v) is 6.43. The minimum absolute atomic E-state index is 0.0232. The standard InChI is InChI=1S/C15H16O3/c1-2-15-9-5-7-11(16)13(15)14(17)10-6-3-4-8-12(10)18-15/h3-4,6,8,17H,2,5,7,9H2,1H3. The van der Waals surface area contributed by atoms with Gasteiger partial charge in [-0.25, -0.2) is 0 Å². The number of rotatable bonds is 1. The van der Waals surface area contributed by atoms with Gasteiger partial charge in [0, 0.05) is 6.42 Å². The second kappa shape index (κ2) is 3.87. The molecule has 2 aliphatic rings. The average molecular weight is 244 g/mol. The van der Waals surface area contributed by atoms with E-state index >= 15 is 0 Å². The highest BCUT2D eigenvalue weighted by Gasteiger charge is 2.47. The molecule has 0 bridgehead atoms. The number of aliphatic hydroxyl groups excluding tert-OH is 1. The lowest BCUT2D eigenvalue weighted by Gasteiger charge is -2.42. The minimum Gasteiger partial charge on any atom is -0.507 e. The summed E-state index contributed by atoms with van der Waals surface area (Å²) in [6, 6.07) is 7.36. The number of fused-ring (bicyclic) bond motifs is 2. The zero-order chi connectivity index (χ0) is 12.8. The van der Waals surface area contributed by atoms with Gasteiger partial charge >= 0.3 is 0 Å². The summed E-state index contributed by atoms with van der Waals surface area (Å²) in [5.41, 5.74) is 0.495. The molecule has 0 spiro atoms. The monoisotopic (exact) mass is 244 g/mol. The molecule has 0 saturated heterocycles. The summed E-state index contributed by atoms with van der Waals surface area (Å²) in [5, 5.41) is 10.4. The van der Waals surface area contributed by atoms with Gasteiger partial charge in [-0.3, -0.25) is 4.79 Å². The average Bonchev–Trinajstić information content (AvgIpc) is 2.39. The number of Topliss-reactive ketones (excluding diaryl/α,β-unsaturated/α-hetero) is 1. The SMILES string of the molecule is CCC12CCCC(=O)C1=C(O)c1ccccc1O2. The predicted molar refractivity (Wildman–Crippen MR) is 68.5 cm³/mol. The van der Waals surface area contributed by atoms with E-state index in [-0.39, 0.29) is 11.5 Å². The van der Waals surface area contributed by atoms with Gasteiger partial charge < -0.3 is 9.84 Å². The Hall–Kier alpha value is -1.77. The fourth-order valence-electron chi connectivity index (χ4n) is 3.01. The maximum Gasteiger partial charge on any atom is 0.166 e. The van der Waals surface area contributed by atoms with E-state index in [0.717, 1.165) is 12.8 Å². The molecule has 1 heterocycles. The summed E-state index contributed by atoms with van der Waals surface area (Å²) in [6.07, 6.45) is 2.83. The first-order chi connectivity index (χ1) is 8.68.